The molecule has 0 aliphatic rings. The van der Waals surface area contributed by atoms with Crippen molar-refractivity contribution in [3.05, 3.63) is 0 Å². The van der Waals surface area contributed by atoms with E-state index in [0.717, 1.165) is 0 Å². The molecule has 0 aromatic carbocycles. The molecule has 35 heavy (non-hydrogen) atoms. The maximum absolute atomic E-state index is 10.4. The van der Waals surface area contributed by atoms with Gasteiger partial charge in [-0.15, -0.1) is 25.2 Å². The molecule has 0 unspecified atom stereocenters. The SMILES string of the molecule is CNC(=N)Cl.O=P(O)(O)F.O=P(O)(O)F.O=P(O)(O)F.O=P(O)(O)F.O=P(O)(O)F.O=P(O)(O)F. The van der Waals surface area contributed by atoms with Gasteiger partial charge in [0.15, 0.2) is 5.29 Å². The average Bonchev–Trinajstić information content (AvgIpc) is 2.25. The fourth-order valence-electron chi connectivity index (χ4n) is 0. The van der Waals surface area contributed by atoms with Gasteiger partial charge in [-0.05, 0) is 11.6 Å². The van der Waals surface area contributed by atoms with Crippen LogP contribution in [0.15, 0.2) is 0 Å². The molecule has 222 valence electrons. The van der Waals surface area contributed by atoms with Gasteiger partial charge in [0.1, 0.15) is 0 Å². The van der Waals surface area contributed by atoms with Crippen molar-refractivity contribution in [2.24, 2.45) is 0 Å². The molecule has 0 fully saturated rings. The van der Waals surface area contributed by atoms with Crippen LogP contribution in [-0.4, -0.2) is 71.1 Å². The van der Waals surface area contributed by atoms with E-state index in [1.165, 1.54) is 0 Å². The predicted molar refractivity (Wildman–Crippen MR) is 102 cm³/mol. The number of rotatable bonds is 0. The van der Waals surface area contributed by atoms with Crippen LogP contribution in [0.2, 0.25) is 0 Å². The lowest BCUT2D eigenvalue weighted by Crippen LogP contribution is -2.07. The highest BCUT2D eigenvalue weighted by Crippen LogP contribution is 2.37. The molecule has 0 heterocycles. The number of hydrogen-bond acceptors (Lipinski definition) is 7. The molecule has 0 amide bonds. The molecule has 0 saturated heterocycles. The van der Waals surface area contributed by atoms with Crippen molar-refractivity contribution in [3.63, 3.8) is 0 Å². The smallest absolute Gasteiger partial charge is 0.364 e. The second-order valence-electron chi connectivity index (χ2n) is 3.40. The minimum Gasteiger partial charge on any atom is -0.364 e. The van der Waals surface area contributed by atoms with Gasteiger partial charge in [0.25, 0.3) is 0 Å². The second kappa shape index (κ2) is 23.4. The molecule has 14 N–H and O–H groups in total. The van der Waals surface area contributed by atoms with Gasteiger partial charge in [0, 0.05) is 7.05 Å². The molecule has 0 bridgehead atoms. The number of amidine groups is 1. The van der Waals surface area contributed by atoms with Gasteiger partial charge in [-0.25, -0.2) is 27.4 Å². The van der Waals surface area contributed by atoms with E-state index in [4.69, 9.17) is 103 Å². The highest BCUT2D eigenvalue weighted by Gasteiger charge is 2.06. The number of nitrogens with one attached hydrogen (secondary N) is 2. The van der Waals surface area contributed by atoms with Crippen molar-refractivity contribution in [1.29, 1.82) is 5.41 Å². The average molecular weight is 692 g/mol. The first-order chi connectivity index (χ1) is 14.3. The van der Waals surface area contributed by atoms with E-state index in [9.17, 15) is 25.2 Å². The molecular formula is C2H17ClF6N2O18P6. The van der Waals surface area contributed by atoms with Crippen molar-refractivity contribution < 1.29 is 111 Å². The Labute approximate surface area is 194 Å². The van der Waals surface area contributed by atoms with Crippen LogP contribution in [0.5, 0.6) is 0 Å². The van der Waals surface area contributed by atoms with Crippen molar-refractivity contribution in [1.82, 2.24) is 5.32 Å². The van der Waals surface area contributed by atoms with Gasteiger partial charge in [0.05, 0.1) is 0 Å². The molecule has 0 spiro atoms. The fourth-order valence-corrected chi connectivity index (χ4v) is 0. The zero-order chi connectivity index (χ0) is 31.3. The molecule has 0 rings (SSSR count). The largest absolute Gasteiger partial charge is 0.507 e. The summed E-state index contributed by atoms with van der Waals surface area (Å²) in [7, 11) is -29.2. The first-order valence-corrected chi connectivity index (χ1v) is 15.1. The van der Waals surface area contributed by atoms with E-state index < -0.39 is 47.4 Å². The quantitative estimate of drug-likeness (QED) is 0.0545. The number of hydrogen-bond donors (Lipinski definition) is 14. The van der Waals surface area contributed by atoms with E-state index in [1.54, 1.807) is 7.05 Å². The van der Waals surface area contributed by atoms with E-state index >= 15 is 0 Å². The Balaban J connectivity index is -0.0000000523. The molecule has 0 aliphatic carbocycles. The van der Waals surface area contributed by atoms with Crippen LogP contribution in [0.3, 0.4) is 0 Å². The lowest BCUT2D eigenvalue weighted by molar-refractivity contribution is 0.320. The van der Waals surface area contributed by atoms with E-state index in [-0.39, 0.29) is 5.29 Å². The second-order valence-corrected chi connectivity index (χ2v) is 9.45. The van der Waals surface area contributed by atoms with E-state index in [0.29, 0.717) is 0 Å². The lowest BCUT2D eigenvalue weighted by atomic mass is 11.2. The van der Waals surface area contributed by atoms with Crippen LogP contribution in [0.25, 0.3) is 0 Å². The predicted octanol–water partition coefficient (Wildman–Crippen LogP) is 0.671. The molecule has 0 atom stereocenters. The Kier molecular flexibility index (Phi) is 34.6. The Morgan fingerprint density at radius 1 is 0.514 bits per heavy atom. The van der Waals surface area contributed by atoms with Crippen LogP contribution in [0, 0.1) is 5.41 Å². The molecule has 0 aromatic heterocycles. The molecule has 0 saturated carbocycles. The monoisotopic (exact) mass is 692 g/mol. The Morgan fingerprint density at radius 2 is 0.543 bits per heavy atom. The van der Waals surface area contributed by atoms with Gasteiger partial charge in [-0.1, -0.05) is 0 Å². The van der Waals surface area contributed by atoms with E-state index in [2.05, 4.69) is 5.32 Å². The summed E-state index contributed by atoms with van der Waals surface area (Å²) in [5.41, 5.74) is 0. The van der Waals surface area contributed by atoms with Crippen LogP contribution < -0.4 is 5.32 Å². The third-order valence-corrected chi connectivity index (χ3v) is 0.408. The van der Waals surface area contributed by atoms with Gasteiger partial charge in [-0.3, -0.25) is 64.1 Å². The first kappa shape index (κ1) is 51.8. The Bertz CT molecular complexity index is 602. The van der Waals surface area contributed by atoms with E-state index in [1.807, 2.05) is 0 Å². The van der Waals surface area contributed by atoms with Crippen LogP contribution in [0.1, 0.15) is 0 Å². The zero-order valence-electron chi connectivity index (χ0n) is 15.6. The Morgan fingerprint density at radius 3 is 0.543 bits per heavy atom. The minimum atomic E-state index is -5.14. The third-order valence-electron chi connectivity index (χ3n) is 0.219. The molecular weight excluding hydrogens is 675 g/mol. The summed E-state index contributed by atoms with van der Waals surface area (Å²) in [6.45, 7) is 0. The number of halogens is 7. The fraction of sp³-hybridized carbons (Fsp3) is 0.500. The van der Waals surface area contributed by atoms with Gasteiger partial charge >= 0.3 is 47.4 Å². The summed E-state index contributed by atoms with van der Waals surface area (Å²) in [6, 6.07) is 0. The normalized spacial score (nSPS) is 11.1. The van der Waals surface area contributed by atoms with Gasteiger partial charge < -0.3 is 5.32 Å². The summed E-state index contributed by atoms with van der Waals surface area (Å²) in [5, 5.41) is 8.75. The highest BCUT2D eigenvalue weighted by molar-refractivity contribution is 7.46. The van der Waals surface area contributed by atoms with Gasteiger partial charge in [0.2, 0.25) is 0 Å². The van der Waals surface area contributed by atoms with Crippen molar-refractivity contribution in [2.45, 2.75) is 0 Å². The Hall–Kier alpha value is 0.240. The summed E-state index contributed by atoms with van der Waals surface area (Å²) < 4.78 is 114. The standard InChI is InChI=1S/C2H5ClN2.6FH2O3P/c1-5-2(3)4;6*1-5(2,3)4/h1H3,(H2,4,5);6*(H2,2,3,4). The lowest BCUT2D eigenvalue weighted by Gasteiger charge is -1.81. The summed E-state index contributed by atoms with van der Waals surface area (Å²) in [5.74, 6) is 0. The summed E-state index contributed by atoms with van der Waals surface area (Å²) in [6.07, 6.45) is 0. The summed E-state index contributed by atoms with van der Waals surface area (Å²) in [4.78, 5) is 83.6. The van der Waals surface area contributed by atoms with Crippen LogP contribution in [0.4, 0.5) is 25.2 Å². The van der Waals surface area contributed by atoms with Crippen molar-refractivity contribution in [3.8, 4) is 0 Å². The maximum Gasteiger partial charge on any atom is 0.507 e. The first-order valence-electron chi connectivity index (χ1n) is 5.70. The highest BCUT2D eigenvalue weighted by atomic mass is 35.5. The molecule has 20 nitrogen and oxygen atoms in total. The minimum absolute atomic E-state index is 0.0231. The maximum atomic E-state index is 10.4. The topological polar surface area (TPSA) is 381 Å². The third kappa shape index (κ3) is 7090. The van der Waals surface area contributed by atoms with Gasteiger partial charge in [-0.2, -0.15) is 0 Å². The molecule has 33 heteroatoms. The van der Waals surface area contributed by atoms with Crippen LogP contribution in [-0.2, 0) is 27.4 Å². The van der Waals surface area contributed by atoms with Crippen LogP contribution >= 0.6 is 59.0 Å². The molecule has 0 aliphatic heterocycles. The zero-order valence-corrected chi connectivity index (χ0v) is 21.8. The van der Waals surface area contributed by atoms with Crippen molar-refractivity contribution >= 4 is 64.3 Å². The molecule has 0 radical (unpaired) electrons. The summed E-state index contributed by atoms with van der Waals surface area (Å²) >= 11 is 4.93. The molecule has 0 aromatic rings. The van der Waals surface area contributed by atoms with Crippen molar-refractivity contribution in [2.75, 3.05) is 7.05 Å².